The van der Waals surface area contributed by atoms with E-state index in [2.05, 4.69) is 14.8 Å². The number of pyridine rings is 1. The number of aromatic nitrogens is 3. The molecular formula is C11H15N5O3S. The molecule has 0 fully saturated rings. The summed E-state index contributed by atoms with van der Waals surface area (Å²) in [6.45, 7) is 0.107. The van der Waals surface area contributed by atoms with E-state index in [4.69, 9.17) is 10.5 Å². The third-order valence-electron chi connectivity index (χ3n) is 2.59. The fourth-order valence-electron chi connectivity index (χ4n) is 1.62. The van der Waals surface area contributed by atoms with Crippen molar-refractivity contribution in [1.29, 1.82) is 0 Å². The number of ether oxygens (including phenoxy) is 1. The van der Waals surface area contributed by atoms with Gasteiger partial charge in [0.15, 0.2) is 5.82 Å². The zero-order valence-electron chi connectivity index (χ0n) is 11.1. The highest BCUT2D eigenvalue weighted by Crippen LogP contribution is 2.16. The van der Waals surface area contributed by atoms with Crippen LogP contribution in [0.2, 0.25) is 0 Å². The second-order valence-electron chi connectivity index (χ2n) is 4.08. The molecule has 0 aromatic carbocycles. The number of anilines is 1. The van der Waals surface area contributed by atoms with Crippen LogP contribution in [-0.4, -0.2) is 30.3 Å². The van der Waals surface area contributed by atoms with Gasteiger partial charge in [-0.2, -0.15) is 5.10 Å². The molecule has 2 heterocycles. The summed E-state index contributed by atoms with van der Waals surface area (Å²) in [7, 11) is -0.614. The van der Waals surface area contributed by atoms with E-state index >= 15 is 0 Å². The molecule has 0 aliphatic heterocycles. The van der Waals surface area contributed by atoms with Crippen LogP contribution in [0.15, 0.2) is 29.4 Å². The molecule has 0 spiro atoms. The van der Waals surface area contributed by atoms with E-state index < -0.39 is 10.0 Å². The molecule has 108 valence electrons. The lowest BCUT2D eigenvalue weighted by molar-refractivity contribution is 0.397. The van der Waals surface area contributed by atoms with E-state index in [1.807, 2.05) is 0 Å². The summed E-state index contributed by atoms with van der Waals surface area (Å²) in [5.74, 6) is 0.384. The third-order valence-corrected chi connectivity index (χ3v) is 4.00. The summed E-state index contributed by atoms with van der Waals surface area (Å²) in [6, 6.07) is 3.34. The first-order valence-electron chi connectivity index (χ1n) is 5.70. The van der Waals surface area contributed by atoms with E-state index in [1.165, 1.54) is 18.0 Å². The van der Waals surface area contributed by atoms with Gasteiger partial charge in [0, 0.05) is 32.1 Å². The number of aryl methyl sites for hydroxylation is 1. The van der Waals surface area contributed by atoms with E-state index in [-0.39, 0.29) is 17.3 Å². The Kier molecular flexibility index (Phi) is 3.91. The van der Waals surface area contributed by atoms with Crippen LogP contribution in [-0.2, 0) is 23.6 Å². The molecule has 0 saturated heterocycles. The molecule has 0 unspecified atom stereocenters. The number of methoxy groups -OCH3 is 1. The van der Waals surface area contributed by atoms with E-state index in [1.54, 1.807) is 25.4 Å². The van der Waals surface area contributed by atoms with Crippen molar-refractivity contribution in [3.63, 3.8) is 0 Å². The Morgan fingerprint density at radius 2 is 2.25 bits per heavy atom. The molecular weight excluding hydrogens is 282 g/mol. The van der Waals surface area contributed by atoms with Crippen molar-refractivity contribution in [2.75, 3.05) is 12.8 Å². The van der Waals surface area contributed by atoms with Gasteiger partial charge in [0.25, 0.3) is 0 Å². The number of nitrogens with zero attached hydrogens (tertiary/aromatic N) is 3. The molecule has 0 radical (unpaired) electrons. The van der Waals surface area contributed by atoms with Crippen molar-refractivity contribution in [2.24, 2.45) is 7.05 Å². The van der Waals surface area contributed by atoms with Crippen LogP contribution in [0.25, 0.3) is 0 Å². The molecule has 3 N–H and O–H groups in total. The second-order valence-corrected chi connectivity index (χ2v) is 5.82. The normalized spacial score (nSPS) is 11.5. The van der Waals surface area contributed by atoms with Gasteiger partial charge in [-0.3, -0.25) is 4.68 Å². The molecule has 2 aromatic rings. The minimum Gasteiger partial charge on any atom is -0.481 e. The molecule has 2 aromatic heterocycles. The molecule has 0 atom stereocenters. The van der Waals surface area contributed by atoms with Crippen LogP contribution in [0.4, 0.5) is 5.82 Å². The van der Waals surface area contributed by atoms with Crippen molar-refractivity contribution in [3.05, 3.63) is 30.1 Å². The zero-order chi connectivity index (χ0) is 14.8. The minimum absolute atomic E-state index is 0.0349. The highest BCUT2D eigenvalue weighted by Gasteiger charge is 2.20. The molecule has 0 aliphatic rings. The topological polar surface area (TPSA) is 112 Å². The number of nitrogens with one attached hydrogen (secondary N) is 1. The van der Waals surface area contributed by atoms with Gasteiger partial charge in [-0.15, -0.1) is 0 Å². The lowest BCUT2D eigenvalue weighted by Crippen LogP contribution is -2.23. The lowest BCUT2D eigenvalue weighted by atomic mass is 10.3. The molecule has 0 amide bonds. The Labute approximate surface area is 116 Å². The average Bonchev–Trinajstić information content (AvgIpc) is 2.77. The largest absolute Gasteiger partial charge is 0.481 e. The number of sulfonamides is 1. The molecule has 8 nitrogen and oxygen atoms in total. The minimum atomic E-state index is -3.71. The highest BCUT2D eigenvalue weighted by atomic mass is 32.2. The molecule has 0 bridgehead atoms. The van der Waals surface area contributed by atoms with E-state index in [9.17, 15) is 8.42 Å². The summed E-state index contributed by atoms with van der Waals surface area (Å²) in [6.07, 6.45) is 2.89. The summed E-state index contributed by atoms with van der Waals surface area (Å²) < 4.78 is 33.0. The Hall–Kier alpha value is -2.13. The van der Waals surface area contributed by atoms with Crippen molar-refractivity contribution >= 4 is 15.8 Å². The smallest absolute Gasteiger partial charge is 0.246 e. The third kappa shape index (κ3) is 3.06. The van der Waals surface area contributed by atoms with Crippen molar-refractivity contribution < 1.29 is 13.2 Å². The molecule has 2 rings (SSSR count). The summed E-state index contributed by atoms with van der Waals surface area (Å²) in [5.41, 5.74) is 6.29. The first kappa shape index (κ1) is 14.3. The quantitative estimate of drug-likeness (QED) is 0.796. The van der Waals surface area contributed by atoms with Crippen molar-refractivity contribution in [1.82, 2.24) is 19.5 Å². The van der Waals surface area contributed by atoms with Crippen molar-refractivity contribution in [2.45, 2.75) is 11.4 Å². The van der Waals surface area contributed by atoms with Crippen LogP contribution in [0.1, 0.15) is 5.56 Å². The number of nitrogen functional groups attached to an aromatic ring is 1. The first-order chi connectivity index (χ1) is 9.42. The maximum absolute atomic E-state index is 12.1. The Morgan fingerprint density at radius 1 is 1.50 bits per heavy atom. The first-order valence-corrected chi connectivity index (χ1v) is 7.18. The van der Waals surface area contributed by atoms with Gasteiger partial charge < -0.3 is 10.5 Å². The van der Waals surface area contributed by atoms with Gasteiger partial charge >= 0.3 is 0 Å². The van der Waals surface area contributed by atoms with Gasteiger partial charge in [0.1, 0.15) is 4.90 Å². The molecule has 0 aliphatic carbocycles. The van der Waals surface area contributed by atoms with E-state index in [0.29, 0.717) is 5.88 Å². The summed E-state index contributed by atoms with van der Waals surface area (Å²) in [5, 5.41) is 3.80. The average molecular weight is 297 g/mol. The monoisotopic (exact) mass is 297 g/mol. The predicted molar refractivity (Wildman–Crippen MR) is 72.4 cm³/mol. The van der Waals surface area contributed by atoms with Gasteiger partial charge in [-0.05, 0) is 11.6 Å². The van der Waals surface area contributed by atoms with E-state index in [0.717, 1.165) is 5.56 Å². The zero-order valence-corrected chi connectivity index (χ0v) is 11.9. The second kappa shape index (κ2) is 5.47. The maximum atomic E-state index is 12.1. The number of rotatable bonds is 5. The van der Waals surface area contributed by atoms with Crippen molar-refractivity contribution in [3.8, 4) is 5.88 Å². The fraction of sp³-hybridized carbons (Fsp3) is 0.273. The number of hydrogen-bond donors (Lipinski definition) is 2. The van der Waals surface area contributed by atoms with Gasteiger partial charge in [0.2, 0.25) is 15.9 Å². The van der Waals surface area contributed by atoms with Crippen LogP contribution in [0.3, 0.4) is 0 Å². The summed E-state index contributed by atoms with van der Waals surface area (Å²) in [4.78, 5) is 3.90. The highest BCUT2D eigenvalue weighted by molar-refractivity contribution is 7.89. The predicted octanol–water partition coefficient (Wildman–Crippen LogP) is -0.116. The van der Waals surface area contributed by atoms with Gasteiger partial charge in [-0.25, -0.2) is 18.1 Å². The summed E-state index contributed by atoms with van der Waals surface area (Å²) >= 11 is 0. The van der Waals surface area contributed by atoms with Crippen LogP contribution < -0.4 is 15.2 Å². The van der Waals surface area contributed by atoms with Crippen LogP contribution >= 0.6 is 0 Å². The number of hydrogen-bond acceptors (Lipinski definition) is 6. The fourth-order valence-corrected chi connectivity index (χ4v) is 2.74. The molecule has 9 heteroatoms. The number of nitrogens with two attached hydrogens (primary N) is 1. The van der Waals surface area contributed by atoms with Gasteiger partial charge in [-0.1, -0.05) is 0 Å². The standard InChI is InChI=1S/C11H15N5O3S/c1-16-7-9(11(12)15-16)20(17,18)14-6-8-3-4-13-10(5-8)19-2/h3-5,7,14H,6H2,1-2H3,(H2,12,15). The molecule has 20 heavy (non-hydrogen) atoms. The SMILES string of the molecule is COc1cc(CNS(=O)(=O)c2cn(C)nc2N)ccn1. The lowest BCUT2D eigenvalue weighted by Gasteiger charge is -2.06. The van der Waals surface area contributed by atoms with Crippen LogP contribution in [0.5, 0.6) is 5.88 Å². The molecule has 0 saturated carbocycles. The Bertz CT molecular complexity index is 711. The Morgan fingerprint density at radius 3 is 2.85 bits per heavy atom. The maximum Gasteiger partial charge on any atom is 0.246 e. The van der Waals surface area contributed by atoms with Crippen LogP contribution in [0, 0.1) is 0 Å². The van der Waals surface area contributed by atoms with Gasteiger partial charge in [0.05, 0.1) is 7.11 Å². The Balaban J connectivity index is 2.15.